The fourth-order valence-corrected chi connectivity index (χ4v) is 4.06. The lowest BCUT2D eigenvalue weighted by molar-refractivity contribution is -0.117. The first-order valence-electron chi connectivity index (χ1n) is 11.3. The Morgan fingerprint density at radius 1 is 0.857 bits per heavy atom. The van der Waals surface area contributed by atoms with E-state index in [0.717, 1.165) is 36.5 Å². The molecule has 0 spiro atoms. The van der Waals surface area contributed by atoms with Gasteiger partial charge in [0.2, 0.25) is 15.9 Å². The Morgan fingerprint density at radius 2 is 1.46 bits per heavy atom. The second kappa shape index (κ2) is 12.5. The minimum atomic E-state index is -3.67. The van der Waals surface area contributed by atoms with Crippen LogP contribution in [0.2, 0.25) is 0 Å². The van der Waals surface area contributed by atoms with E-state index in [1.807, 2.05) is 73.6 Å². The highest BCUT2D eigenvalue weighted by atomic mass is 32.2. The molecule has 0 fully saturated rings. The van der Waals surface area contributed by atoms with Crippen LogP contribution in [-0.2, 0) is 21.4 Å². The zero-order chi connectivity index (χ0) is 25.3. The number of likely N-dealkylation sites (N-methyl/N-ethyl adjacent to an activating group) is 1. The van der Waals surface area contributed by atoms with Gasteiger partial charge < -0.3 is 15.0 Å². The van der Waals surface area contributed by atoms with E-state index >= 15 is 0 Å². The van der Waals surface area contributed by atoms with Gasteiger partial charge in [0.1, 0.15) is 11.5 Å². The Labute approximate surface area is 207 Å². The van der Waals surface area contributed by atoms with Crippen molar-refractivity contribution >= 4 is 21.6 Å². The van der Waals surface area contributed by atoms with Crippen LogP contribution in [-0.4, -0.2) is 57.9 Å². The van der Waals surface area contributed by atoms with Gasteiger partial charge in [-0.3, -0.25) is 9.69 Å². The highest BCUT2D eigenvalue weighted by molar-refractivity contribution is 7.89. The molecule has 0 heterocycles. The summed E-state index contributed by atoms with van der Waals surface area (Å²) in [4.78, 5) is 16.6. The van der Waals surface area contributed by atoms with Gasteiger partial charge in [-0.15, -0.1) is 0 Å². The molecule has 9 heteroatoms. The first-order chi connectivity index (χ1) is 16.7. The molecule has 0 radical (unpaired) electrons. The van der Waals surface area contributed by atoms with Crippen LogP contribution >= 0.6 is 0 Å². The molecular formula is C26H32N4O4S. The molecule has 1 amide bonds. The Kier molecular flexibility index (Phi) is 9.39. The van der Waals surface area contributed by atoms with Crippen molar-refractivity contribution in [1.82, 2.24) is 9.80 Å². The number of anilines is 1. The van der Waals surface area contributed by atoms with Crippen molar-refractivity contribution in [2.24, 2.45) is 5.14 Å². The van der Waals surface area contributed by atoms with Crippen LogP contribution in [0.1, 0.15) is 12.0 Å². The van der Waals surface area contributed by atoms with Crippen LogP contribution < -0.4 is 15.2 Å². The van der Waals surface area contributed by atoms with Gasteiger partial charge in [-0.05, 0) is 87.7 Å². The highest BCUT2D eigenvalue weighted by Crippen LogP contribution is 2.22. The van der Waals surface area contributed by atoms with Crippen molar-refractivity contribution in [3.05, 3.63) is 84.4 Å². The van der Waals surface area contributed by atoms with Crippen LogP contribution in [0.3, 0.4) is 0 Å². The fourth-order valence-electron chi connectivity index (χ4n) is 3.54. The smallest absolute Gasteiger partial charge is 0.238 e. The summed E-state index contributed by atoms with van der Waals surface area (Å²) in [5.74, 6) is 1.39. The number of benzene rings is 3. The van der Waals surface area contributed by atoms with Crippen LogP contribution in [0.5, 0.6) is 11.5 Å². The van der Waals surface area contributed by atoms with E-state index in [9.17, 15) is 13.2 Å². The number of hydrogen-bond donors (Lipinski definition) is 2. The number of carbonyl (C=O) groups excluding carboxylic acids is 1. The fraction of sp³-hybridized carbons (Fsp3) is 0.269. The lowest BCUT2D eigenvalue weighted by Gasteiger charge is -2.20. The maximum Gasteiger partial charge on any atom is 0.238 e. The average molecular weight is 497 g/mol. The van der Waals surface area contributed by atoms with Gasteiger partial charge in [0.05, 0.1) is 11.4 Å². The second-order valence-electron chi connectivity index (χ2n) is 8.51. The molecule has 0 aliphatic rings. The van der Waals surface area contributed by atoms with Crippen LogP contribution in [0, 0.1) is 0 Å². The lowest BCUT2D eigenvalue weighted by Crippen LogP contribution is -2.32. The van der Waals surface area contributed by atoms with Crippen molar-refractivity contribution in [2.75, 3.05) is 39.0 Å². The molecule has 0 atom stereocenters. The van der Waals surface area contributed by atoms with E-state index in [-0.39, 0.29) is 10.8 Å². The van der Waals surface area contributed by atoms with E-state index in [1.165, 1.54) is 12.1 Å². The van der Waals surface area contributed by atoms with Crippen LogP contribution in [0.4, 0.5) is 5.69 Å². The largest absolute Gasteiger partial charge is 0.457 e. The van der Waals surface area contributed by atoms with Gasteiger partial charge in [0, 0.05) is 12.2 Å². The van der Waals surface area contributed by atoms with Gasteiger partial charge in [-0.1, -0.05) is 30.3 Å². The first-order valence-corrected chi connectivity index (χ1v) is 12.9. The van der Waals surface area contributed by atoms with Gasteiger partial charge in [-0.25, -0.2) is 13.6 Å². The van der Waals surface area contributed by atoms with Crippen molar-refractivity contribution in [2.45, 2.75) is 17.9 Å². The number of nitrogens with two attached hydrogens (primary N) is 1. The van der Waals surface area contributed by atoms with Crippen LogP contribution in [0.15, 0.2) is 83.8 Å². The summed E-state index contributed by atoms with van der Waals surface area (Å²) in [5.41, 5.74) is 1.73. The molecule has 186 valence electrons. The quantitative estimate of drug-likeness (QED) is 0.398. The Hall–Kier alpha value is -3.24. The minimum Gasteiger partial charge on any atom is -0.457 e. The SMILES string of the molecule is CN(CCCN(C)Cc1ccc(S(N)(=O)=O)cc1)CC(=O)Nc1ccc(Oc2ccccc2)cc1. The predicted octanol–water partition coefficient (Wildman–Crippen LogP) is 3.52. The van der Waals surface area contributed by atoms with Crippen molar-refractivity contribution < 1.29 is 17.9 Å². The molecular weight excluding hydrogens is 464 g/mol. The van der Waals surface area contributed by atoms with E-state index in [1.54, 1.807) is 12.1 Å². The summed E-state index contributed by atoms with van der Waals surface area (Å²) in [7, 11) is 0.251. The predicted molar refractivity (Wildman–Crippen MR) is 138 cm³/mol. The molecule has 0 bridgehead atoms. The molecule has 0 saturated carbocycles. The summed E-state index contributed by atoms with van der Waals surface area (Å²) >= 11 is 0. The minimum absolute atomic E-state index is 0.0764. The number of amides is 1. The molecule has 0 unspecified atom stereocenters. The third kappa shape index (κ3) is 9.14. The molecule has 0 saturated heterocycles. The average Bonchev–Trinajstić information content (AvgIpc) is 2.81. The van der Waals surface area contributed by atoms with Crippen LogP contribution in [0.25, 0.3) is 0 Å². The summed E-state index contributed by atoms with van der Waals surface area (Å²) in [6, 6.07) is 23.4. The molecule has 0 aliphatic carbocycles. The molecule has 35 heavy (non-hydrogen) atoms. The number of hydrogen-bond acceptors (Lipinski definition) is 6. The van der Waals surface area contributed by atoms with Gasteiger partial charge in [-0.2, -0.15) is 0 Å². The summed E-state index contributed by atoms with van der Waals surface area (Å²) < 4.78 is 28.5. The second-order valence-corrected chi connectivity index (χ2v) is 10.1. The van der Waals surface area contributed by atoms with Gasteiger partial charge in [0.15, 0.2) is 0 Å². The van der Waals surface area contributed by atoms with Crippen molar-refractivity contribution in [3.63, 3.8) is 0 Å². The summed E-state index contributed by atoms with van der Waals surface area (Å²) in [6.45, 7) is 2.60. The number of primary sulfonamides is 1. The number of sulfonamides is 1. The number of ether oxygens (including phenoxy) is 1. The maximum absolute atomic E-state index is 12.4. The first kappa shape index (κ1) is 26.4. The molecule has 3 aromatic rings. The number of nitrogens with one attached hydrogen (secondary N) is 1. The molecule has 3 rings (SSSR count). The van der Waals surface area contributed by atoms with E-state index in [2.05, 4.69) is 10.2 Å². The maximum atomic E-state index is 12.4. The normalized spacial score (nSPS) is 11.6. The highest BCUT2D eigenvalue weighted by Gasteiger charge is 2.10. The van der Waals surface area contributed by atoms with Crippen molar-refractivity contribution in [1.29, 1.82) is 0 Å². The molecule has 8 nitrogen and oxygen atoms in total. The lowest BCUT2D eigenvalue weighted by atomic mass is 10.2. The topological polar surface area (TPSA) is 105 Å². The summed E-state index contributed by atoms with van der Waals surface area (Å²) in [5, 5.41) is 8.05. The van der Waals surface area contributed by atoms with E-state index in [4.69, 9.17) is 9.88 Å². The molecule has 3 aromatic carbocycles. The van der Waals surface area contributed by atoms with E-state index < -0.39 is 10.0 Å². The van der Waals surface area contributed by atoms with Gasteiger partial charge >= 0.3 is 0 Å². The number of rotatable bonds is 12. The third-order valence-corrected chi connectivity index (χ3v) is 6.24. The van der Waals surface area contributed by atoms with E-state index in [0.29, 0.717) is 18.8 Å². The Morgan fingerprint density at radius 3 is 2.09 bits per heavy atom. The van der Waals surface area contributed by atoms with Gasteiger partial charge in [0.25, 0.3) is 0 Å². The zero-order valence-corrected chi connectivity index (χ0v) is 20.9. The number of carbonyl (C=O) groups is 1. The zero-order valence-electron chi connectivity index (χ0n) is 20.1. The Balaban J connectivity index is 1.35. The molecule has 3 N–H and O–H groups in total. The standard InChI is InChI=1S/C26H32N4O4S/c1-29(19-21-9-15-25(16-10-21)35(27,32)33)17-6-18-30(2)20-26(31)28-22-11-13-24(14-12-22)34-23-7-4-3-5-8-23/h3-5,7-16H,6,17-20H2,1-2H3,(H,28,31)(H2,27,32,33). The van der Waals surface area contributed by atoms with Crippen molar-refractivity contribution in [3.8, 4) is 11.5 Å². The number of nitrogens with zero attached hydrogens (tertiary/aromatic N) is 2. The monoisotopic (exact) mass is 496 g/mol. The molecule has 0 aliphatic heterocycles. The third-order valence-electron chi connectivity index (χ3n) is 5.31. The summed E-state index contributed by atoms with van der Waals surface area (Å²) in [6.07, 6.45) is 0.890. The number of para-hydroxylation sites is 1. The molecule has 0 aromatic heterocycles. The Bertz CT molecular complexity index is 1180.